The summed E-state index contributed by atoms with van der Waals surface area (Å²) in [5.41, 5.74) is 4.96. The lowest BCUT2D eigenvalue weighted by molar-refractivity contribution is 0.587. The van der Waals surface area contributed by atoms with Gasteiger partial charge < -0.3 is 0 Å². The van der Waals surface area contributed by atoms with E-state index in [4.69, 9.17) is 0 Å². The lowest BCUT2D eigenvalue weighted by Gasteiger charge is -2.16. The van der Waals surface area contributed by atoms with Crippen molar-refractivity contribution in [1.29, 1.82) is 0 Å². The SMILES string of the molecule is CCc1cc(CC(C)c2ccccc2F)ccc1C(C)C. The Kier molecular flexibility index (Phi) is 5.17. The fourth-order valence-electron chi connectivity index (χ4n) is 2.99. The average molecular weight is 284 g/mol. The van der Waals surface area contributed by atoms with Crippen LogP contribution in [0, 0.1) is 5.82 Å². The van der Waals surface area contributed by atoms with Crippen molar-refractivity contribution in [2.45, 2.75) is 52.4 Å². The van der Waals surface area contributed by atoms with Crippen molar-refractivity contribution in [3.63, 3.8) is 0 Å². The molecule has 1 atom stereocenters. The van der Waals surface area contributed by atoms with Crippen LogP contribution in [0.15, 0.2) is 42.5 Å². The van der Waals surface area contributed by atoms with Gasteiger partial charge in [-0.2, -0.15) is 0 Å². The number of aryl methyl sites for hydroxylation is 1. The third kappa shape index (κ3) is 3.72. The summed E-state index contributed by atoms with van der Waals surface area (Å²) in [4.78, 5) is 0. The van der Waals surface area contributed by atoms with Gasteiger partial charge in [0.25, 0.3) is 0 Å². The molecule has 0 radical (unpaired) electrons. The van der Waals surface area contributed by atoms with E-state index in [1.54, 1.807) is 12.1 Å². The van der Waals surface area contributed by atoms with Crippen LogP contribution in [0.5, 0.6) is 0 Å². The molecule has 0 saturated carbocycles. The Balaban J connectivity index is 2.22. The highest BCUT2D eigenvalue weighted by Crippen LogP contribution is 2.26. The minimum absolute atomic E-state index is 0.0977. The van der Waals surface area contributed by atoms with Gasteiger partial charge in [0, 0.05) is 0 Å². The van der Waals surface area contributed by atoms with Crippen LogP contribution in [-0.2, 0) is 12.8 Å². The quantitative estimate of drug-likeness (QED) is 0.645. The summed E-state index contributed by atoms with van der Waals surface area (Å²) in [5, 5.41) is 0. The van der Waals surface area contributed by atoms with E-state index >= 15 is 0 Å². The van der Waals surface area contributed by atoms with Crippen LogP contribution in [0.3, 0.4) is 0 Å². The third-order valence-electron chi connectivity index (χ3n) is 4.19. The Morgan fingerprint density at radius 2 is 1.67 bits per heavy atom. The molecule has 0 aromatic heterocycles. The van der Waals surface area contributed by atoms with Crippen molar-refractivity contribution >= 4 is 0 Å². The predicted octanol–water partition coefficient (Wildman–Crippen LogP) is 5.86. The first-order valence-electron chi connectivity index (χ1n) is 7.89. The number of halogens is 1. The van der Waals surface area contributed by atoms with Crippen molar-refractivity contribution in [3.05, 3.63) is 70.5 Å². The first kappa shape index (κ1) is 15.8. The van der Waals surface area contributed by atoms with E-state index in [2.05, 4.69) is 45.9 Å². The predicted molar refractivity (Wildman–Crippen MR) is 88.4 cm³/mol. The second-order valence-corrected chi connectivity index (χ2v) is 6.17. The van der Waals surface area contributed by atoms with E-state index in [9.17, 15) is 4.39 Å². The van der Waals surface area contributed by atoms with Gasteiger partial charge in [-0.3, -0.25) is 0 Å². The van der Waals surface area contributed by atoms with Crippen LogP contribution in [0.25, 0.3) is 0 Å². The molecule has 0 bridgehead atoms. The van der Waals surface area contributed by atoms with Crippen molar-refractivity contribution in [2.75, 3.05) is 0 Å². The molecule has 0 fully saturated rings. The molecule has 0 aliphatic heterocycles. The molecule has 0 heterocycles. The molecular formula is C20H25F. The second kappa shape index (κ2) is 6.89. The van der Waals surface area contributed by atoms with E-state index in [1.165, 1.54) is 16.7 Å². The average Bonchev–Trinajstić information content (AvgIpc) is 2.47. The highest BCUT2D eigenvalue weighted by atomic mass is 19.1. The lowest BCUT2D eigenvalue weighted by atomic mass is 9.89. The summed E-state index contributed by atoms with van der Waals surface area (Å²) in [6.45, 7) is 8.76. The largest absolute Gasteiger partial charge is 0.207 e. The molecule has 2 aromatic carbocycles. The first-order valence-corrected chi connectivity index (χ1v) is 7.89. The number of hydrogen-bond donors (Lipinski definition) is 0. The lowest BCUT2D eigenvalue weighted by Crippen LogP contribution is -2.03. The summed E-state index contributed by atoms with van der Waals surface area (Å²) >= 11 is 0. The Hall–Kier alpha value is -1.63. The van der Waals surface area contributed by atoms with Crippen LogP contribution < -0.4 is 0 Å². The van der Waals surface area contributed by atoms with Crippen molar-refractivity contribution in [1.82, 2.24) is 0 Å². The van der Waals surface area contributed by atoms with Gasteiger partial charge in [0.2, 0.25) is 0 Å². The standard InChI is InChI=1S/C20H25F/c1-5-17-13-16(10-11-18(17)14(2)3)12-15(4)19-8-6-7-9-20(19)21/h6-11,13-15H,5,12H2,1-4H3. The zero-order chi connectivity index (χ0) is 15.4. The van der Waals surface area contributed by atoms with Crippen molar-refractivity contribution < 1.29 is 4.39 Å². The summed E-state index contributed by atoms with van der Waals surface area (Å²) < 4.78 is 13.9. The zero-order valence-electron chi connectivity index (χ0n) is 13.5. The van der Waals surface area contributed by atoms with Crippen LogP contribution in [0.2, 0.25) is 0 Å². The molecule has 0 aliphatic rings. The molecular weight excluding hydrogens is 259 g/mol. The minimum Gasteiger partial charge on any atom is -0.207 e. The van der Waals surface area contributed by atoms with Crippen molar-refractivity contribution in [3.8, 4) is 0 Å². The highest BCUT2D eigenvalue weighted by Gasteiger charge is 2.12. The van der Waals surface area contributed by atoms with Crippen LogP contribution >= 0.6 is 0 Å². The fourth-order valence-corrected chi connectivity index (χ4v) is 2.99. The maximum absolute atomic E-state index is 13.9. The van der Waals surface area contributed by atoms with E-state index in [1.807, 2.05) is 12.1 Å². The highest BCUT2D eigenvalue weighted by molar-refractivity contribution is 5.35. The molecule has 0 saturated heterocycles. The topological polar surface area (TPSA) is 0 Å². The smallest absolute Gasteiger partial charge is 0.126 e. The molecule has 0 nitrogen and oxygen atoms in total. The summed E-state index contributed by atoms with van der Waals surface area (Å²) in [7, 11) is 0. The van der Waals surface area contributed by atoms with Crippen LogP contribution in [0.1, 0.15) is 61.8 Å². The molecule has 2 aromatic rings. The van der Waals surface area contributed by atoms with Gasteiger partial charge in [-0.25, -0.2) is 4.39 Å². The maximum atomic E-state index is 13.9. The summed E-state index contributed by atoms with van der Waals surface area (Å²) in [6, 6.07) is 13.8. The molecule has 21 heavy (non-hydrogen) atoms. The van der Waals surface area contributed by atoms with E-state index in [0.717, 1.165) is 18.4 Å². The Labute approximate surface area is 128 Å². The summed E-state index contributed by atoms with van der Waals surface area (Å²) in [5.74, 6) is 0.651. The van der Waals surface area contributed by atoms with Gasteiger partial charge in [0.15, 0.2) is 0 Å². The van der Waals surface area contributed by atoms with Crippen LogP contribution in [0.4, 0.5) is 4.39 Å². The summed E-state index contributed by atoms with van der Waals surface area (Å²) in [6.07, 6.45) is 1.93. The Bertz CT molecular complexity index is 599. The normalized spacial score (nSPS) is 12.7. The molecule has 2 rings (SSSR count). The third-order valence-corrected chi connectivity index (χ3v) is 4.19. The maximum Gasteiger partial charge on any atom is 0.126 e. The molecule has 0 aliphatic carbocycles. The fraction of sp³-hybridized carbons (Fsp3) is 0.400. The van der Waals surface area contributed by atoms with E-state index in [0.29, 0.717) is 5.92 Å². The number of rotatable bonds is 5. The van der Waals surface area contributed by atoms with Gasteiger partial charge in [-0.05, 0) is 53.0 Å². The Morgan fingerprint density at radius 1 is 0.952 bits per heavy atom. The molecule has 1 heteroatoms. The molecule has 112 valence electrons. The first-order chi connectivity index (χ1) is 10.0. The monoisotopic (exact) mass is 284 g/mol. The molecule has 0 amide bonds. The molecule has 0 N–H and O–H groups in total. The number of hydrogen-bond acceptors (Lipinski definition) is 0. The van der Waals surface area contributed by atoms with Crippen LogP contribution in [-0.4, -0.2) is 0 Å². The number of benzene rings is 2. The van der Waals surface area contributed by atoms with Gasteiger partial charge in [-0.1, -0.05) is 64.1 Å². The Morgan fingerprint density at radius 3 is 2.29 bits per heavy atom. The van der Waals surface area contributed by atoms with Gasteiger partial charge in [0.05, 0.1) is 0 Å². The van der Waals surface area contributed by atoms with Gasteiger partial charge in [0.1, 0.15) is 5.82 Å². The molecule has 0 spiro atoms. The van der Waals surface area contributed by atoms with E-state index < -0.39 is 0 Å². The van der Waals surface area contributed by atoms with Gasteiger partial charge in [-0.15, -0.1) is 0 Å². The molecule has 1 unspecified atom stereocenters. The second-order valence-electron chi connectivity index (χ2n) is 6.17. The minimum atomic E-state index is -0.0977. The van der Waals surface area contributed by atoms with Crippen molar-refractivity contribution in [2.24, 2.45) is 0 Å². The van der Waals surface area contributed by atoms with E-state index in [-0.39, 0.29) is 11.7 Å². The zero-order valence-corrected chi connectivity index (χ0v) is 13.5. The van der Waals surface area contributed by atoms with Gasteiger partial charge >= 0.3 is 0 Å².